The fourth-order valence-electron chi connectivity index (χ4n) is 2.60. The molecule has 0 N–H and O–H groups in total. The molecular weight excluding hydrogens is 238 g/mol. The minimum Gasteiger partial charge on any atom is -0.465 e. The van der Waals surface area contributed by atoms with Gasteiger partial charge < -0.3 is 4.74 Å². The minimum absolute atomic E-state index is 0.0340. The minimum atomic E-state index is -2.58. The average Bonchev–Trinajstić information content (AvgIpc) is 2.27. The lowest BCUT2D eigenvalue weighted by molar-refractivity contribution is -0.153. The fraction of sp³-hybridized carbons (Fsp3) is 0.786. The van der Waals surface area contributed by atoms with Crippen LogP contribution in [-0.4, -0.2) is 18.5 Å². The molecule has 0 saturated heterocycles. The third-order valence-corrected chi connectivity index (χ3v) is 3.65. The van der Waals surface area contributed by atoms with Crippen molar-refractivity contribution < 1.29 is 18.3 Å². The van der Waals surface area contributed by atoms with Gasteiger partial charge >= 0.3 is 5.97 Å². The van der Waals surface area contributed by atoms with Crippen molar-refractivity contribution in [3.05, 3.63) is 12.7 Å². The van der Waals surface area contributed by atoms with E-state index in [4.69, 9.17) is 4.74 Å². The Morgan fingerprint density at radius 2 is 2.28 bits per heavy atom. The van der Waals surface area contributed by atoms with Crippen LogP contribution in [0, 0.1) is 11.3 Å². The van der Waals surface area contributed by atoms with E-state index in [1.807, 2.05) is 0 Å². The number of hydrogen-bond acceptors (Lipinski definition) is 2. The maximum Gasteiger partial charge on any atom is 0.315 e. The molecule has 0 heterocycles. The predicted molar refractivity (Wildman–Crippen MR) is 66.5 cm³/mol. The Bertz CT molecular complexity index is 315. The molecule has 0 radical (unpaired) electrons. The highest BCUT2D eigenvalue weighted by atomic mass is 19.3. The first-order valence-corrected chi connectivity index (χ1v) is 6.51. The van der Waals surface area contributed by atoms with E-state index in [1.165, 1.54) is 6.08 Å². The third-order valence-electron chi connectivity index (χ3n) is 3.65. The molecule has 0 aromatic heterocycles. The van der Waals surface area contributed by atoms with Gasteiger partial charge in [0.1, 0.15) is 0 Å². The van der Waals surface area contributed by atoms with Gasteiger partial charge in [0.25, 0.3) is 0 Å². The van der Waals surface area contributed by atoms with Crippen LogP contribution in [0.15, 0.2) is 12.7 Å². The monoisotopic (exact) mass is 260 g/mol. The molecule has 1 aliphatic rings. The van der Waals surface area contributed by atoms with Gasteiger partial charge in [0.05, 0.1) is 12.0 Å². The first-order valence-electron chi connectivity index (χ1n) is 6.51. The van der Waals surface area contributed by atoms with Gasteiger partial charge in [-0.3, -0.25) is 4.79 Å². The molecule has 1 saturated carbocycles. The summed E-state index contributed by atoms with van der Waals surface area (Å²) in [6.07, 6.45) is 3.03. The molecule has 2 atom stereocenters. The van der Waals surface area contributed by atoms with E-state index in [-0.39, 0.29) is 24.7 Å². The Morgan fingerprint density at radius 3 is 2.78 bits per heavy atom. The highest BCUT2D eigenvalue weighted by molar-refractivity contribution is 5.78. The Hall–Kier alpha value is -0.930. The molecule has 0 aromatic carbocycles. The summed E-state index contributed by atoms with van der Waals surface area (Å²) >= 11 is 0. The predicted octanol–water partition coefficient (Wildman–Crippen LogP) is 3.96. The molecule has 1 fully saturated rings. The van der Waals surface area contributed by atoms with E-state index in [2.05, 4.69) is 6.58 Å². The second-order valence-electron chi connectivity index (χ2n) is 5.36. The quantitative estimate of drug-likeness (QED) is 0.552. The lowest BCUT2D eigenvalue weighted by atomic mass is 9.74. The maximum absolute atomic E-state index is 13.3. The number of ether oxygens (including phenoxy) is 1. The van der Waals surface area contributed by atoms with E-state index < -0.39 is 11.3 Å². The van der Waals surface area contributed by atoms with E-state index in [1.54, 1.807) is 13.8 Å². The summed E-state index contributed by atoms with van der Waals surface area (Å²) < 4.78 is 31.7. The second-order valence-corrected chi connectivity index (χ2v) is 5.36. The van der Waals surface area contributed by atoms with Crippen LogP contribution in [0.1, 0.15) is 46.0 Å². The summed E-state index contributed by atoms with van der Waals surface area (Å²) in [6, 6.07) is 0. The molecule has 0 spiro atoms. The molecule has 104 valence electrons. The third kappa shape index (κ3) is 3.79. The normalized spacial score (nSPS) is 26.1. The van der Waals surface area contributed by atoms with E-state index >= 15 is 0 Å². The lowest BCUT2D eigenvalue weighted by Gasteiger charge is -2.33. The summed E-state index contributed by atoms with van der Waals surface area (Å²) in [5.74, 6) is -3.09. The summed E-state index contributed by atoms with van der Waals surface area (Å²) in [5, 5.41) is 0. The van der Waals surface area contributed by atoms with Gasteiger partial charge in [-0.25, -0.2) is 8.78 Å². The van der Waals surface area contributed by atoms with Gasteiger partial charge in [-0.2, -0.15) is 0 Å². The number of rotatable bonds is 5. The summed E-state index contributed by atoms with van der Waals surface area (Å²) in [5.41, 5.74) is -0.853. The van der Waals surface area contributed by atoms with Crippen LogP contribution in [0.25, 0.3) is 0 Å². The van der Waals surface area contributed by atoms with Crippen LogP contribution in [0.4, 0.5) is 8.78 Å². The lowest BCUT2D eigenvalue weighted by Crippen LogP contribution is -2.34. The van der Waals surface area contributed by atoms with Crippen LogP contribution in [-0.2, 0) is 9.53 Å². The van der Waals surface area contributed by atoms with Gasteiger partial charge in [0.15, 0.2) is 0 Å². The van der Waals surface area contributed by atoms with Crippen LogP contribution >= 0.6 is 0 Å². The van der Waals surface area contributed by atoms with E-state index in [9.17, 15) is 13.6 Å². The van der Waals surface area contributed by atoms with Crippen molar-refractivity contribution in [2.75, 3.05) is 6.61 Å². The van der Waals surface area contributed by atoms with Crippen LogP contribution in [0.3, 0.4) is 0 Å². The van der Waals surface area contributed by atoms with Crippen molar-refractivity contribution in [3.63, 3.8) is 0 Å². The van der Waals surface area contributed by atoms with Crippen molar-refractivity contribution in [2.45, 2.75) is 51.9 Å². The highest BCUT2D eigenvalue weighted by Crippen LogP contribution is 2.42. The Balaban J connectivity index is 2.67. The number of alkyl halides is 2. The zero-order valence-corrected chi connectivity index (χ0v) is 11.2. The number of esters is 1. The first kappa shape index (κ1) is 15.1. The maximum atomic E-state index is 13.3. The molecule has 0 aliphatic heterocycles. The molecule has 18 heavy (non-hydrogen) atoms. The van der Waals surface area contributed by atoms with Crippen LogP contribution < -0.4 is 0 Å². The smallest absolute Gasteiger partial charge is 0.315 e. The van der Waals surface area contributed by atoms with Gasteiger partial charge in [0.2, 0.25) is 5.92 Å². The number of hydrogen-bond donors (Lipinski definition) is 0. The Kier molecular flexibility index (Phi) is 4.88. The van der Waals surface area contributed by atoms with Crippen LogP contribution in [0.2, 0.25) is 0 Å². The summed E-state index contributed by atoms with van der Waals surface area (Å²) in [4.78, 5) is 11.9. The molecule has 0 aromatic rings. The fourth-order valence-corrected chi connectivity index (χ4v) is 2.60. The molecule has 1 rings (SSSR count). The molecule has 2 nitrogen and oxygen atoms in total. The number of carbonyl (C=O) groups excluding carboxylic acids is 1. The van der Waals surface area contributed by atoms with Crippen molar-refractivity contribution in [1.82, 2.24) is 0 Å². The zero-order valence-electron chi connectivity index (χ0n) is 11.2. The highest BCUT2D eigenvalue weighted by Gasteiger charge is 2.41. The largest absolute Gasteiger partial charge is 0.465 e. The van der Waals surface area contributed by atoms with Crippen molar-refractivity contribution >= 4 is 5.97 Å². The molecule has 0 amide bonds. The molecular formula is C14H22F2O2. The SMILES string of the molecule is C=CC(C)(CC1CCCC(F)(F)C1)C(=O)OCC. The average molecular weight is 260 g/mol. The summed E-state index contributed by atoms with van der Waals surface area (Å²) in [7, 11) is 0. The van der Waals surface area contributed by atoms with Crippen LogP contribution in [0.5, 0.6) is 0 Å². The van der Waals surface area contributed by atoms with Crippen molar-refractivity contribution in [1.29, 1.82) is 0 Å². The van der Waals surface area contributed by atoms with E-state index in [0.717, 1.165) is 6.42 Å². The Labute approximate surface area is 107 Å². The topological polar surface area (TPSA) is 26.3 Å². The number of halogens is 2. The van der Waals surface area contributed by atoms with E-state index in [0.29, 0.717) is 19.4 Å². The van der Waals surface area contributed by atoms with Crippen molar-refractivity contribution in [2.24, 2.45) is 11.3 Å². The van der Waals surface area contributed by atoms with Crippen molar-refractivity contribution in [3.8, 4) is 0 Å². The van der Waals surface area contributed by atoms with Gasteiger partial charge in [0, 0.05) is 12.8 Å². The second kappa shape index (κ2) is 5.81. The summed E-state index contributed by atoms with van der Waals surface area (Å²) in [6.45, 7) is 7.39. The van der Waals surface area contributed by atoms with Gasteiger partial charge in [-0.1, -0.05) is 6.08 Å². The molecule has 1 aliphatic carbocycles. The number of carbonyl (C=O) groups is 1. The molecule has 0 bridgehead atoms. The van der Waals surface area contributed by atoms with Gasteiger partial charge in [-0.15, -0.1) is 6.58 Å². The molecule has 2 unspecified atom stereocenters. The standard InChI is InChI=1S/C14H22F2O2/c1-4-13(3,12(17)18-5-2)9-11-7-6-8-14(15,16)10-11/h4,11H,1,5-10H2,2-3H3. The first-order chi connectivity index (χ1) is 8.33. The zero-order chi connectivity index (χ0) is 13.8. The van der Waals surface area contributed by atoms with Gasteiger partial charge in [-0.05, 0) is 39.0 Å². The molecule has 4 heteroatoms. The Morgan fingerprint density at radius 1 is 1.61 bits per heavy atom.